The number of alkyl halides is 3. The molecule has 2 N–H and O–H groups in total. The lowest BCUT2D eigenvalue weighted by Crippen LogP contribution is -2.23. The Kier molecular flexibility index (Phi) is 5.95. The largest absolute Gasteiger partial charge is 0.493 e. The standard InChI is InChI=1S/C22H17F3N4O2S/c23-22(24,25)32-18-8-6-17(7-9-18)29-20(30)14-28(21(29)31)13-15-10-11-26-19(12-15)27-16-4-2-1-3-5-16/h1-12,14,30H,13H2,(H,26,27). The summed E-state index contributed by atoms with van der Waals surface area (Å²) >= 11 is -0.245. The van der Waals surface area contributed by atoms with Gasteiger partial charge in [-0.2, -0.15) is 13.2 Å². The fourth-order valence-corrected chi connectivity index (χ4v) is 3.68. The molecular weight excluding hydrogens is 441 g/mol. The van der Waals surface area contributed by atoms with E-state index in [2.05, 4.69) is 10.3 Å². The molecule has 2 heterocycles. The molecule has 0 amide bonds. The lowest BCUT2D eigenvalue weighted by molar-refractivity contribution is -0.0328. The number of imidazole rings is 1. The number of pyridine rings is 1. The van der Waals surface area contributed by atoms with Crippen molar-refractivity contribution in [3.05, 3.63) is 95.2 Å². The van der Waals surface area contributed by atoms with Crippen LogP contribution in [0, 0.1) is 0 Å². The van der Waals surface area contributed by atoms with Crippen LogP contribution in [0.2, 0.25) is 0 Å². The Morgan fingerprint density at radius 2 is 1.75 bits per heavy atom. The van der Waals surface area contributed by atoms with Crippen LogP contribution in [0.4, 0.5) is 24.7 Å². The van der Waals surface area contributed by atoms with Crippen LogP contribution in [-0.2, 0) is 6.54 Å². The van der Waals surface area contributed by atoms with Gasteiger partial charge in [0.05, 0.1) is 18.4 Å². The minimum absolute atomic E-state index is 0.0107. The van der Waals surface area contributed by atoms with Crippen LogP contribution >= 0.6 is 11.8 Å². The first-order chi connectivity index (χ1) is 15.3. The van der Waals surface area contributed by atoms with Crippen LogP contribution in [0.5, 0.6) is 5.88 Å². The maximum atomic E-state index is 12.8. The van der Waals surface area contributed by atoms with E-state index in [4.69, 9.17) is 0 Å². The summed E-state index contributed by atoms with van der Waals surface area (Å²) in [5.41, 5.74) is -3.02. The molecule has 0 atom stereocenters. The van der Waals surface area contributed by atoms with Gasteiger partial charge in [0.1, 0.15) is 5.82 Å². The van der Waals surface area contributed by atoms with E-state index >= 15 is 0 Å². The number of para-hydroxylation sites is 1. The van der Waals surface area contributed by atoms with E-state index in [-0.39, 0.29) is 34.8 Å². The highest BCUT2D eigenvalue weighted by Crippen LogP contribution is 2.37. The zero-order valence-electron chi connectivity index (χ0n) is 16.5. The summed E-state index contributed by atoms with van der Waals surface area (Å²) in [6.07, 6.45) is 2.89. The van der Waals surface area contributed by atoms with E-state index in [0.29, 0.717) is 5.82 Å². The first-order valence-corrected chi connectivity index (χ1v) is 10.2. The second-order valence-electron chi connectivity index (χ2n) is 6.82. The summed E-state index contributed by atoms with van der Waals surface area (Å²) in [4.78, 5) is 17.1. The van der Waals surface area contributed by atoms with Crippen molar-refractivity contribution >= 4 is 23.3 Å². The summed E-state index contributed by atoms with van der Waals surface area (Å²) in [6.45, 7) is 0.174. The third-order valence-electron chi connectivity index (χ3n) is 4.49. The predicted octanol–water partition coefficient (Wildman–Crippen LogP) is 5.14. The number of hydrogen-bond donors (Lipinski definition) is 2. The molecule has 0 saturated heterocycles. The molecule has 2 aromatic carbocycles. The van der Waals surface area contributed by atoms with Crippen molar-refractivity contribution < 1.29 is 18.3 Å². The van der Waals surface area contributed by atoms with Crippen molar-refractivity contribution in [1.29, 1.82) is 0 Å². The Labute approximate surface area is 185 Å². The Morgan fingerprint density at radius 1 is 1.03 bits per heavy atom. The molecule has 4 rings (SSSR count). The minimum Gasteiger partial charge on any atom is -0.493 e. The highest BCUT2D eigenvalue weighted by Gasteiger charge is 2.29. The number of halogens is 3. The topological polar surface area (TPSA) is 72.1 Å². The number of aromatic nitrogens is 3. The van der Waals surface area contributed by atoms with Gasteiger partial charge in [0.25, 0.3) is 0 Å². The van der Waals surface area contributed by atoms with Gasteiger partial charge in [-0.3, -0.25) is 4.57 Å². The summed E-state index contributed by atoms with van der Waals surface area (Å²) < 4.78 is 39.9. The van der Waals surface area contributed by atoms with Crippen LogP contribution in [0.15, 0.2) is 88.8 Å². The third-order valence-corrected chi connectivity index (χ3v) is 5.23. The summed E-state index contributed by atoms with van der Waals surface area (Å²) in [5.74, 6) is 0.283. The number of rotatable bonds is 6. The summed E-state index contributed by atoms with van der Waals surface area (Å²) in [7, 11) is 0. The van der Waals surface area contributed by atoms with Crippen LogP contribution in [0.25, 0.3) is 5.69 Å². The van der Waals surface area contributed by atoms with Gasteiger partial charge < -0.3 is 10.4 Å². The minimum atomic E-state index is -4.40. The number of anilines is 2. The number of nitrogens with one attached hydrogen (secondary N) is 1. The molecular formula is C22H17F3N4O2S. The quantitative estimate of drug-likeness (QED) is 0.392. The Morgan fingerprint density at radius 3 is 2.44 bits per heavy atom. The average Bonchev–Trinajstić information content (AvgIpc) is 3.01. The molecule has 0 unspecified atom stereocenters. The molecule has 0 saturated carbocycles. The predicted molar refractivity (Wildman–Crippen MR) is 117 cm³/mol. The maximum absolute atomic E-state index is 12.8. The molecule has 4 aromatic rings. The number of benzene rings is 2. The van der Waals surface area contributed by atoms with Gasteiger partial charge in [-0.1, -0.05) is 18.2 Å². The van der Waals surface area contributed by atoms with Gasteiger partial charge in [0.2, 0.25) is 5.88 Å². The fraction of sp³-hybridized carbons (Fsp3) is 0.0909. The van der Waals surface area contributed by atoms with Gasteiger partial charge >= 0.3 is 11.2 Å². The number of aromatic hydroxyl groups is 1. The van der Waals surface area contributed by atoms with Gasteiger partial charge in [-0.05, 0) is 65.9 Å². The van der Waals surface area contributed by atoms with E-state index in [9.17, 15) is 23.1 Å². The van der Waals surface area contributed by atoms with E-state index in [0.717, 1.165) is 15.8 Å². The van der Waals surface area contributed by atoms with Gasteiger partial charge in [-0.25, -0.2) is 14.3 Å². The smallest absolute Gasteiger partial charge is 0.446 e. The Hall–Kier alpha value is -3.66. The number of thioether (sulfide) groups is 1. The maximum Gasteiger partial charge on any atom is 0.446 e. The third kappa shape index (κ3) is 5.14. The molecule has 0 aliphatic carbocycles. The molecule has 6 nitrogen and oxygen atoms in total. The van der Waals surface area contributed by atoms with Crippen LogP contribution < -0.4 is 11.0 Å². The molecule has 2 aromatic heterocycles. The van der Waals surface area contributed by atoms with Crippen LogP contribution in [0.1, 0.15) is 5.56 Å². The molecule has 0 bridgehead atoms. The molecule has 0 aliphatic heterocycles. The van der Waals surface area contributed by atoms with Crippen molar-refractivity contribution in [2.75, 3.05) is 5.32 Å². The molecule has 0 aliphatic rings. The van der Waals surface area contributed by atoms with E-state index in [1.807, 2.05) is 30.3 Å². The van der Waals surface area contributed by atoms with Crippen molar-refractivity contribution in [2.24, 2.45) is 0 Å². The van der Waals surface area contributed by atoms with Gasteiger partial charge in [0.15, 0.2) is 0 Å². The molecule has 10 heteroatoms. The fourth-order valence-electron chi connectivity index (χ4n) is 3.14. The van der Waals surface area contributed by atoms with E-state index in [1.54, 1.807) is 18.3 Å². The number of nitrogens with zero attached hydrogens (tertiary/aromatic N) is 3. The van der Waals surface area contributed by atoms with E-state index < -0.39 is 11.2 Å². The zero-order valence-corrected chi connectivity index (χ0v) is 17.3. The van der Waals surface area contributed by atoms with Crippen LogP contribution in [-0.4, -0.2) is 24.7 Å². The second-order valence-corrected chi connectivity index (χ2v) is 7.95. The van der Waals surface area contributed by atoms with Gasteiger partial charge in [0, 0.05) is 16.8 Å². The van der Waals surface area contributed by atoms with Crippen molar-refractivity contribution in [3.8, 4) is 11.6 Å². The first-order valence-electron chi connectivity index (χ1n) is 9.43. The summed E-state index contributed by atoms with van der Waals surface area (Å²) in [5, 5.41) is 13.5. The normalized spacial score (nSPS) is 11.5. The molecule has 0 radical (unpaired) electrons. The second kappa shape index (κ2) is 8.83. The zero-order chi connectivity index (χ0) is 22.7. The Balaban J connectivity index is 1.55. The van der Waals surface area contributed by atoms with Gasteiger partial charge in [-0.15, -0.1) is 0 Å². The highest BCUT2D eigenvalue weighted by atomic mass is 32.2. The lowest BCUT2D eigenvalue weighted by Gasteiger charge is -2.08. The van der Waals surface area contributed by atoms with Crippen LogP contribution in [0.3, 0.4) is 0 Å². The first kappa shape index (κ1) is 21.6. The van der Waals surface area contributed by atoms with Crippen molar-refractivity contribution in [2.45, 2.75) is 16.9 Å². The molecule has 164 valence electrons. The van der Waals surface area contributed by atoms with Crippen molar-refractivity contribution in [1.82, 2.24) is 14.1 Å². The molecule has 0 fully saturated rings. The summed E-state index contributed by atoms with van der Waals surface area (Å²) in [6, 6.07) is 18.2. The van der Waals surface area contributed by atoms with E-state index in [1.165, 1.54) is 35.0 Å². The highest BCUT2D eigenvalue weighted by molar-refractivity contribution is 8.00. The average molecular weight is 458 g/mol. The monoisotopic (exact) mass is 458 g/mol. The lowest BCUT2D eigenvalue weighted by atomic mass is 10.2. The molecule has 0 spiro atoms. The SMILES string of the molecule is O=c1n(Cc2ccnc(Nc3ccccc3)c2)cc(O)n1-c1ccc(SC(F)(F)F)cc1. The van der Waals surface area contributed by atoms with Crippen molar-refractivity contribution in [3.63, 3.8) is 0 Å². The Bertz CT molecular complexity index is 1270. The number of hydrogen-bond acceptors (Lipinski definition) is 5. The molecule has 32 heavy (non-hydrogen) atoms.